The molecule has 0 aromatic heterocycles. The van der Waals surface area contributed by atoms with E-state index in [1.807, 2.05) is 13.0 Å². The van der Waals surface area contributed by atoms with Gasteiger partial charge in [0.05, 0.1) is 26.2 Å². The van der Waals surface area contributed by atoms with Crippen LogP contribution in [-0.2, 0) is 19.0 Å². The van der Waals surface area contributed by atoms with E-state index >= 15 is 0 Å². The SMILES string of the molecule is C=CC1(CC(=O)OCC)CCC2(CC1)OCCCCO2. The zero-order valence-corrected chi connectivity index (χ0v) is 12.5. The third-order valence-electron chi connectivity index (χ3n) is 4.51. The Balaban J connectivity index is 1.96. The second kappa shape index (κ2) is 6.72. The maximum atomic E-state index is 11.8. The summed E-state index contributed by atoms with van der Waals surface area (Å²) in [6.07, 6.45) is 7.88. The summed E-state index contributed by atoms with van der Waals surface area (Å²) in [5.41, 5.74) is -0.156. The van der Waals surface area contributed by atoms with Gasteiger partial charge < -0.3 is 14.2 Å². The topological polar surface area (TPSA) is 44.8 Å². The van der Waals surface area contributed by atoms with Crippen molar-refractivity contribution in [3.05, 3.63) is 12.7 Å². The van der Waals surface area contributed by atoms with Gasteiger partial charge in [0, 0.05) is 12.8 Å². The van der Waals surface area contributed by atoms with Crippen LogP contribution in [0.1, 0.15) is 51.9 Å². The molecule has 0 atom stereocenters. The molecule has 4 nitrogen and oxygen atoms in total. The number of allylic oxidation sites excluding steroid dienone is 1. The number of carbonyl (C=O) groups excluding carboxylic acids is 1. The van der Waals surface area contributed by atoms with E-state index in [9.17, 15) is 4.79 Å². The lowest BCUT2D eigenvalue weighted by Crippen LogP contribution is -2.43. The standard InChI is InChI=1S/C16H26O4/c1-3-15(13-14(17)18-4-2)7-9-16(10-8-15)19-11-5-6-12-20-16/h3H,1,4-13H2,2H3. The fourth-order valence-electron chi connectivity index (χ4n) is 3.13. The molecular formula is C16H26O4. The Morgan fingerprint density at radius 1 is 1.20 bits per heavy atom. The first-order valence-corrected chi connectivity index (χ1v) is 7.71. The van der Waals surface area contributed by atoms with Crippen LogP contribution >= 0.6 is 0 Å². The third-order valence-corrected chi connectivity index (χ3v) is 4.51. The van der Waals surface area contributed by atoms with Crippen LogP contribution in [0.3, 0.4) is 0 Å². The Morgan fingerprint density at radius 2 is 1.80 bits per heavy atom. The van der Waals surface area contributed by atoms with Crippen LogP contribution in [0.5, 0.6) is 0 Å². The summed E-state index contributed by atoms with van der Waals surface area (Å²) >= 11 is 0. The summed E-state index contributed by atoms with van der Waals surface area (Å²) in [6, 6.07) is 0. The molecule has 0 aromatic carbocycles. The molecule has 114 valence electrons. The quantitative estimate of drug-likeness (QED) is 0.586. The van der Waals surface area contributed by atoms with E-state index < -0.39 is 5.79 Å². The largest absolute Gasteiger partial charge is 0.466 e. The predicted octanol–water partition coefficient (Wildman–Crippen LogP) is 3.21. The Morgan fingerprint density at radius 3 is 2.30 bits per heavy atom. The van der Waals surface area contributed by atoms with E-state index in [4.69, 9.17) is 14.2 Å². The molecule has 1 saturated carbocycles. The first-order valence-electron chi connectivity index (χ1n) is 7.71. The molecule has 1 heterocycles. The van der Waals surface area contributed by atoms with Gasteiger partial charge in [-0.2, -0.15) is 0 Å². The Bertz CT molecular complexity index is 332. The molecule has 0 N–H and O–H groups in total. The van der Waals surface area contributed by atoms with E-state index in [1.54, 1.807) is 0 Å². The van der Waals surface area contributed by atoms with Crippen molar-refractivity contribution in [1.82, 2.24) is 0 Å². The number of esters is 1. The first-order chi connectivity index (χ1) is 9.64. The number of hydrogen-bond donors (Lipinski definition) is 0. The monoisotopic (exact) mass is 282 g/mol. The maximum absolute atomic E-state index is 11.8. The van der Waals surface area contributed by atoms with Crippen molar-refractivity contribution in [2.24, 2.45) is 5.41 Å². The summed E-state index contributed by atoms with van der Waals surface area (Å²) in [5.74, 6) is -0.552. The number of ether oxygens (including phenoxy) is 3. The molecule has 0 aromatic rings. The highest BCUT2D eigenvalue weighted by Gasteiger charge is 2.44. The second-order valence-electron chi connectivity index (χ2n) is 5.86. The molecule has 2 rings (SSSR count). The van der Waals surface area contributed by atoms with Crippen molar-refractivity contribution in [3.63, 3.8) is 0 Å². The van der Waals surface area contributed by atoms with Gasteiger partial charge in [0.1, 0.15) is 0 Å². The third kappa shape index (κ3) is 3.61. The van der Waals surface area contributed by atoms with Crippen molar-refractivity contribution in [3.8, 4) is 0 Å². The minimum atomic E-state index is -0.419. The lowest BCUT2D eigenvalue weighted by Gasteiger charge is -2.43. The zero-order valence-electron chi connectivity index (χ0n) is 12.5. The van der Waals surface area contributed by atoms with Crippen LogP contribution < -0.4 is 0 Å². The predicted molar refractivity (Wildman–Crippen MR) is 76.2 cm³/mol. The Hall–Kier alpha value is -0.870. The first kappa shape index (κ1) is 15.5. The minimum Gasteiger partial charge on any atom is -0.466 e. The molecule has 1 aliphatic heterocycles. The van der Waals surface area contributed by atoms with Gasteiger partial charge >= 0.3 is 5.97 Å². The highest BCUT2D eigenvalue weighted by Crippen LogP contribution is 2.46. The van der Waals surface area contributed by atoms with Gasteiger partial charge in [-0.25, -0.2) is 0 Å². The normalized spacial score (nSPS) is 24.9. The minimum absolute atomic E-state index is 0.133. The molecule has 0 amide bonds. The van der Waals surface area contributed by atoms with E-state index in [1.165, 1.54) is 0 Å². The van der Waals surface area contributed by atoms with Crippen LogP contribution in [0.4, 0.5) is 0 Å². The zero-order chi connectivity index (χ0) is 14.5. The summed E-state index contributed by atoms with van der Waals surface area (Å²) in [6.45, 7) is 7.75. The molecule has 1 saturated heterocycles. The van der Waals surface area contributed by atoms with E-state index in [0.29, 0.717) is 13.0 Å². The van der Waals surface area contributed by atoms with Crippen molar-refractivity contribution >= 4 is 5.97 Å². The van der Waals surface area contributed by atoms with Crippen LogP contribution in [-0.4, -0.2) is 31.6 Å². The van der Waals surface area contributed by atoms with Gasteiger partial charge in [0.25, 0.3) is 0 Å². The smallest absolute Gasteiger partial charge is 0.306 e. The highest BCUT2D eigenvalue weighted by atomic mass is 16.7. The lowest BCUT2D eigenvalue weighted by atomic mass is 9.70. The number of carbonyl (C=O) groups is 1. The number of rotatable bonds is 4. The van der Waals surface area contributed by atoms with E-state index in [0.717, 1.165) is 51.7 Å². The number of hydrogen-bond acceptors (Lipinski definition) is 4. The second-order valence-corrected chi connectivity index (χ2v) is 5.86. The fraction of sp³-hybridized carbons (Fsp3) is 0.812. The molecule has 0 radical (unpaired) electrons. The van der Waals surface area contributed by atoms with Crippen LogP contribution in [0.15, 0.2) is 12.7 Å². The van der Waals surface area contributed by atoms with Crippen molar-refractivity contribution in [2.45, 2.75) is 57.7 Å². The molecule has 1 spiro atoms. The Kier molecular flexibility index (Phi) is 5.22. The summed E-state index contributed by atoms with van der Waals surface area (Å²) in [5, 5.41) is 0. The molecule has 2 fully saturated rings. The average Bonchev–Trinajstić information content (AvgIpc) is 2.68. The lowest BCUT2D eigenvalue weighted by molar-refractivity contribution is -0.249. The van der Waals surface area contributed by atoms with Gasteiger partial charge in [0.2, 0.25) is 0 Å². The molecule has 2 aliphatic rings. The molecular weight excluding hydrogens is 256 g/mol. The van der Waals surface area contributed by atoms with Crippen LogP contribution in [0, 0.1) is 5.41 Å². The molecule has 0 bridgehead atoms. The van der Waals surface area contributed by atoms with E-state index in [-0.39, 0.29) is 11.4 Å². The van der Waals surface area contributed by atoms with Gasteiger partial charge in [-0.1, -0.05) is 6.08 Å². The summed E-state index contributed by atoms with van der Waals surface area (Å²) in [4.78, 5) is 11.8. The van der Waals surface area contributed by atoms with Crippen LogP contribution in [0.25, 0.3) is 0 Å². The van der Waals surface area contributed by atoms with Gasteiger partial charge in [-0.3, -0.25) is 4.79 Å². The van der Waals surface area contributed by atoms with Crippen molar-refractivity contribution in [2.75, 3.05) is 19.8 Å². The maximum Gasteiger partial charge on any atom is 0.306 e. The molecule has 20 heavy (non-hydrogen) atoms. The Labute approximate surface area is 121 Å². The van der Waals surface area contributed by atoms with Crippen molar-refractivity contribution < 1.29 is 19.0 Å². The highest BCUT2D eigenvalue weighted by molar-refractivity contribution is 5.70. The summed E-state index contributed by atoms with van der Waals surface area (Å²) < 4.78 is 17.0. The van der Waals surface area contributed by atoms with Crippen LogP contribution in [0.2, 0.25) is 0 Å². The average molecular weight is 282 g/mol. The van der Waals surface area contributed by atoms with Crippen molar-refractivity contribution in [1.29, 1.82) is 0 Å². The molecule has 4 heteroatoms. The molecule has 0 unspecified atom stereocenters. The van der Waals surface area contributed by atoms with Gasteiger partial charge in [-0.15, -0.1) is 6.58 Å². The molecule has 1 aliphatic carbocycles. The van der Waals surface area contributed by atoms with E-state index in [2.05, 4.69) is 6.58 Å². The van der Waals surface area contributed by atoms with Gasteiger partial charge in [0.15, 0.2) is 5.79 Å². The fourth-order valence-corrected chi connectivity index (χ4v) is 3.13. The van der Waals surface area contributed by atoms with Gasteiger partial charge in [-0.05, 0) is 38.0 Å². The summed E-state index contributed by atoms with van der Waals surface area (Å²) in [7, 11) is 0.